The van der Waals surface area contributed by atoms with Crippen molar-refractivity contribution >= 4 is 15.4 Å². The van der Waals surface area contributed by atoms with Crippen LogP contribution in [0.2, 0.25) is 5.54 Å². The molecule has 5 nitrogen and oxygen atoms in total. The van der Waals surface area contributed by atoms with E-state index >= 15 is 0 Å². The molecule has 0 aliphatic carbocycles. The molecular weight excluding hydrogens is 202 g/mol. The Bertz CT molecular complexity index is 180. The molecule has 1 atom stereocenters. The molecule has 0 saturated heterocycles. The van der Waals surface area contributed by atoms with Gasteiger partial charge in [-0.05, 0) is 6.42 Å². The molecule has 0 saturated carbocycles. The van der Waals surface area contributed by atoms with Crippen molar-refractivity contribution in [3.8, 4) is 0 Å². The van der Waals surface area contributed by atoms with E-state index in [0.29, 0.717) is 13.2 Å². The maximum atomic E-state index is 9.88. The quantitative estimate of drug-likeness (QED) is 0.333. The highest BCUT2D eigenvalue weighted by atomic mass is 28.3. The molecular formula is C8H17NO4Si. The maximum absolute atomic E-state index is 9.88. The van der Waals surface area contributed by atoms with Crippen LogP contribution in [-0.2, 0) is 18.4 Å². The van der Waals surface area contributed by atoms with E-state index in [2.05, 4.69) is 4.99 Å². The predicted molar refractivity (Wildman–Crippen MR) is 54.4 cm³/mol. The molecule has 0 fully saturated rings. The molecule has 0 N–H and O–H groups in total. The molecule has 0 heterocycles. The van der Waals surface area contributed by atoms with Crippen molar-refractivity contribution < 1.29 is 18.4 Å². The van der Waals surface area contributed by atoms with E-state index in [-0.39, 0.29) is 5.54 Å². The number of methoxy groups -OCH3 is 1. The first kappa shape index (κ1) is 13.5. The van der Waals surface area contributed by atoms with Crippen molar-refractivity contribution in [2.45, 2.75) is 12.0 Å². The summed E-state index contributed by atoms with van der Waals surface area (Å²) < 4.78 is 15.5. The number of carbonyl (C=O) groups excluding carboxylic acids is 1. The minimum absolute atomic E-state index is 0.215. The van der Waals surface area contributed by atoms with Gasteiger partial charge >= 0.3 is 9.28 Å². The number of hydrogen-bond acceptors (Lipinski definition) is 5. The highest BCUT2D eigenvalue weighted by Gasteiger charge is 2.23. The molecule has 6 heteroatoms. The number of isocyanates is 1. The summed E-state index contributed by atoms with van der Waals surface area (Å²) in [7, 11) is 3.21. The Morgan fingerprint density at radius 2 is 2.00 bits per heavy atom. The lowest BCUT2D eigenvalue weighted by Crippen LogP contribution is -2.29. The van der Waals surface area contributed by atoms with Crippen LogP contribution < -0.4 is 0 Å². The Hall–Kier alpha value is -0.523. The highest BCUT2D eigenvalue weighted by molar-refractivity contribution is 6.46. The van der Waals surface area contributed by atoms with Crippen LogP contribution in [0.15, 0.2) is 4.99 Å². The predicted octanol–water partition coefficient (Wildman–Crippen LogP) is 0.242. The van der Waals surface area contributed by atoms with E-state index < -0.39 is 9.28 Å². The van der Waals surface area contributed by atoms with Gasteiger partial charge in [-0.1, -0.05) is 0 Å². The first-order chi connectivity index (χ1) is 6.79. The van der Waals surface area contributed by atoms with E-state index in [1.54, 1.807) is 21.3 Å². The Labute approximate surface area is 85.9 Å². The number of ether oxygens (including phenoxy) is 1. The minimum Gasteiger partial charge on any atom is -0.400 e. The number of rotatable bonds is 8. The standard InChI is InChI=1S/C8H17NO4Si/c1-11-6-8(4-5-9-7-10)14(12-2)13-3/h8,14H,4-6H2,1-3H3. The molecule has 0 amide bonds. The number of nitrogens with zero attached hydrogens (tertiary/aromatic N) is 1. The zero-order valence-corrected chi connectivity index (χ0v) is 10.0. The Balaban J connectivity index is 4.03. The summed E-state index contributed by atoms with van der Waals surface area (Å²) in [5.41, 5.74) is 0.215. The molecule has 0 aliphatic heterocycles. The van der Waals surface area contributed by atoms with Crippen molar-refractivity contribution in [1.82, 2.24) is 0 Å². The average Bonchev–Trinajstić information content (AvgIpc) is 2.20. The monoisotopic (exact) mass is 219 g/mol. The van der Waals surface area contributed by atoms with Crippen molar-refractivity contribution in [2.75, 3.05) is 34.5 Å². The van der Waals surface area contributed by atoms with Crippen molar-refractivity contribution in [3.05, 3.63) is 0 Å². The fourth-order valence-corrected chi connectivity index (χ4v) is 3.00. The molecule has 0 aromatic rings. The van der Waals surface area contributed by atoms with Crippen LogP contribution in [0.25, 0.3) is 0 Å². The Kier molecular flexibility index (Phi) is 8.71. The summed E-state index contributed by atoms with van der Waals surface area (Å²) in [5.74, 6) is 0. The molecule has 0 rings (SSSR count). The van der Waals surface area contributed by atoms with E-state index in [9.17, 15) is 4.79 Å². The molecule has 14 heavy (non-hydrogen) atoms. The Morgan fingerprint density at radius 3 is 2.43 bits per heavy atom. The van der Waals surface area contributed by atoms with Gasteiger partial charge in [-0.2, -0.15) is 0 Å². The molecule has 0 aromatic carbocycles. The number of aliphatic imine (C=N–C) groups is 1. The first-order valence-corrected chi connectivity index (χ1v) is 5.99. The van der Waals surface area contributed by atoms with E-state index in [0.717, 1.165) is 6.42 Å². The third-order valence-corrected chi connectivity index (χ3v) is 4.13. The molecule has 0 bridgehead atoms. The largest absolute Gasteiger partial charge is 0.400 e. The van der Waals surface area contributed by atoms with Crippen molar-refractivity contribution in [3.63, 3.8) is 0 Å². The van der Waals surface area contributed by atoms with Crippen molar-refractivity contribution in [1.29, 1.82) is 0 Å². The summed E-state index contributed by atoms with van der Waals surface area (Å²) in [6.07, 6.45) is 2.25. The third kappa shape index (κ3) is 5.26. The van der Waals surface area contributed by atoms with Crippen LogP contribution in [0, 0.1) is 0 Å². The van der Waals surface area contributed by atoms with Gasteiger partial charge in [0.2, 0.25) is 6.08 Å². The van der Waals surface area contributed by atoms with Crippen LogP contribution in [0.4, 0.5) is 0 Å². The summed E-state index contributed by atoms with van der Waals surface area (Å²) in [5, 5.41) is 0. The summed E-state index contributed by atoms with van der Waals surface area (Å²) in [6, 6.07) is 0. The van der Waals surface area contributed by atoms with Crippen LogP contribution >= 0.6 is 0 Å². The van der Waals surface area contributed by atoms with Crippen LogP contribution in [-0.4, -0.2) is 49.8 Å². The van der Waals surface area contributed by atoms with Gasteiger partial charge in [-0.25, -0.2) is 9.79 Å². The smallest absolute Gasteiger partial charge is 0.326 e. The van der Waals surface area contributed by atoms with Gasteiger partial charge in [-0.15, -0.1) is 0 Å². The zero-order chi connectivity index (χ0) is 10.8. The van der Waals surface area contributed by atoms with Gasteiger partial charge in [0.05, 0.1) is 13.2 Å². The average molecular weight is 219 g/mol. The molecule has 82 valence electrons. The second-order valence-corrected chi connectivity index (χ2v) is 5.44. The SMILES string of the molecule is COCC(CCN=C=O)[SiH](OC)OC. The summed E-state index contributed by atoms with van der Waals surface area (Å²) in [4.78, 5) is 13.4. The number of hydrogen-bond donors (Lipinski definition) is 0. The normalized spacial score (nSPS) is 12.6. The van der Waals surface area contributed by atoms with E-state index in [1.807, 2.05) is 0 Å². The van der Waals surface area contributed by atoms with E-state index in [1.165, 1.54) is 6.08 Å². The molecule has 1 unspecified atom stereocenters. The lowest BCUT2D eigenvalue weighted by atomic mass is 10.3. The Morgan fingerprint density at radius 1 is 1.36 bits per heavy atom. The van der Waals surface area contributed by atoms with Crippen LogP contribution in [0.3, 0.4) is 0 Å². The van der Waals surface area contributed by atoms with Crippen molar-refractivity contribution in [2.24, 2.45) is 4.99 Å². The maximum Gasteiger partial charge on any atom is 0.326 e. The summed E-state index contributed by atoms with van der Waals surface area (Å²) in [6.45, 7) is 1.03. The highest BCUT2D eigenvalue weighted by Crippen LogP contribution is 2.16. The molecule has 0 spiro atoms. The van der Waals surface area contributed by atoms with Crippen LogP contribution in [0.1, 0.15) is 6.42 Å². The van der Waals surface area contributed by atoms with E-state index in [4.69, 9.17) is 13.6 Å². The fourth-order valence-electron chi connectivity index (χ4n) is 1.27. The van der Waals surface area contributed by atoms with Gasteiger partial charge in [0.25, 0.3) is 0 Å². The minimum atomic E-state index is -1.68. The van der Waals surface area contributed by atoms with Gasteiger partial charge in [-0.3, -0.25) is 0 Å². The lowest BCUT2D eigenvalue weighted by Gasteiger charge is -2.20. The van der Waals surface area contributed by atoms with Gasteiger partial charge < -0.3 is 13.6 Å². The topological polar surface area (TPSA) is 57.1 Å². The van der Waals surface area contributed by atoms with Gasteiger partial charge in [0.15, 0.2) is 0 Å². The molecule has 0 aromatic heterocycles. The second kappa shape index (κ2) is 9.05. The fraction of sp³-hybridized carbons (Fsp3) is 0.875. The van der Waals surface area contributed by atoms with Gasteiger partial charge in [0.1, 0.15) is 0 Å². The molecule has 0 aliphatic rings. The lowest BCUT2D eigenvalue weighted by molar-refractivity contribution is 0.169. The molecule has 0 radical (unpaired) electrons. The third-order valence-electron chi connectivity index (χ3n) is 1.91. The first-order valence-electron chi connectivity index (χ1n) is 4.38. The second-order valence-electron chi connectivity index (χ2n) is 2.82. The summed E-state index contributed by atoms with van der Waals surface area (Å²) >= 11 is 0. The van der Waals surface area contributed by atoms with Crippen LogP contribution in [0.5, 0.6) is 0 Å². The van der Waals surface area contributed by atoms with Gasteiger partial charge in [0, 0.05) is 26.9 Å². The zero-order valence-electron chi connectivity index (χ0n) is 8.86.